The molecule has 0 spiro atoms. The Morgan fingerprint density at radius 2 is 1.58 bits per heavy atom. The van der Waals surface area contributed by atoms with Crippen molar-refractivity contribution >= 4 is 36.5 Å². The van der Waals surface area contributed by atoms with Gasteiger partial charge in [-0.05, 0) is 117 Å². The lowest BCUT2D eigenvalue weighted by atomic mass is 9.64. The maximum atomic E-state index is 13.4. The normalized spacial score (nSPS) is 16.1. The quantitative estimate of drug-likeness (QED) is 0.0557. The van der Waals surface area contributed by atoms with Crippen molar-refractivity contribution in [2.75, 3.05) is 32.7 Å². The molecule has 5 aromatic rings. The van der Waals surface area contributed by atoms with Gasteiger partial charge >= 0.3 is 0 Å². The van der Waals surface area contributed by atoms with Gasteiger partial charge < -0.3 is 30.5 Å². The van der Waals surface area contributed by atoms with Crippen molar-refractivity contribution < 1.29 is 14.3 Å². The molecule has 1 aliphatic rings. The highest BCUT2D eigenvalue weighted by molar-refractivity contribution is 7.12. The summed E-state index contributed by atoms with van der Waals surface area (Å²) in [5.41, 5.74) is 8.58. The number of hydrogen-bond acceptors (Lipinski definition) is 7. The molecule has 1 fully saturated rings. The molecule has 3 aromatic carbocycles. The number of primary amides is 1. The van der Waals surface area contributed by atoms with Gasteiger partial charge in [0.15, 0.2) is 8.32 Å². The van der Waals surface area contributed by atoms with E-state index in [0.717, 1.165) is 80.4 Å². The zero-order valence-electron chi connectivity index (χ0n) is 33.1. The minimum Gasteiger partial charge on any atom is -0.506 e. The summed E-state index contributed by atoms with van der Waals surface area (Å²) in [6.45, 7) is 15.5. The van der Waals surface area contributed by atoms with Gasteiger partial charge in [0.25, 0.3) is 0 Å². The van der Waals surface area contributed by atoms with Gasteiger partial charge in [-0.2, -0.15) is 0 Å². The zero-order valence-corrected chi connectivity index (χ0v) is 34.9. The molecule has 0 bridgehead atoms. The van der Waals surface area contributed by atoms with E-state index in [2.05, 4.69) is 85.5 Å². The molecule has 2 atom stereocenters. The number of nitrogens with two attached hydrogens (primary N) is 1. The van der Waals surface area contributed by atoms with Gasteiger partial charge in [0, 0.05) is 34.3 Å². The van der Waals surface area contributed by atoms with Gasteiger partial charge in [0.2, 0.25) is 11.5 Å². The number of nitrogens with one attached hydrogen (secondary N) is 2. The number of carbonyl (C=O) groups is 1. The predicted molar refractivity (Wildman–Crippen MR) is 228 cm³/mol. The average Bonchev–Trinajstić information content (AvgIpc) is 3.82. The summed E-state index contributed by atoms with van der Waals surface area (Å²) < 4.78 is 6.96. The molecule has 1 aliphatic heterocycles. The second-order valence-electron chi connectivity index (χ2n) is 16.6. The second-order valence-corrected chi connectivity index (χ2v) is 22.6. The van der Waals surface area contributed by atoms with E-state index in [-0.39, 0.29) is 34.3 Å². The van der Waals surface area contributed by atoms with Gasteiger partial charge in [-0.25, -0.2) is 0 Å². The van der Waals surface area contributed by atoms with E-state index in [4.69, 9.17) is 10.2 Å². The third kappa shape index (κ3) is 9.16. The third-order valence-electron chi connectivity index (χ3n) is 11.9. The number of aryl methyl sites for hydroxylation is 2. The fourth-order valence-electron chi connectivity index (χ4n) is 7.99. The van der Waals surface area contributed by atoms with Crippen LogP contribution < -0.4 is 16.6 Å². The van der Waals surface area contributed by atoms with Crippen molar-refractivity contribution in [2.45, 2.75) is 82.5 Å². The van der Waals surface area contributed by atoms with Crippen molar-refractivity contribution in [3.8, 4) is 5.75 Å². The summed E-state index contributed by atoms with van der Waals surface area (Å²) in [7, 11) is -2.14. The number of aromatic nitrogens is 1. The lowest BCUT2D eigenvalue weighted by Gasteiger charge is -2.39. The highest BCUT2D eigenvalue weighted by atomic mass is 32.1. The SMILES string of the molecule is CC(C)(C)[Si](C)(C)O[C@H](CNCCCc1ccc(CCCN2CC[C@@H](C(C(N)=O)(c3ccccc3)c3ccccc3)C2)s1)c1ccc(O)c2[nH]c(=O)ccc12. The predicted octanol–water partition coefficient (Wildman–Crippen LogP) is 8.31. The van der Waals surface area contributed by atoms with E-state index in [0.29, 0.717) is 12.1 Å². The van der Waals surface area contributed by atoms with Crippen LogP contribution in [0, 0.1) is 5.92 Å². The third-order valence-corrected chi connectivity index (χ3v) is 17.6. The van der Waals surface area contributed by atoms with Crippen LogP contribution in [0.1, 0.15) is 72.6 Å². The largest absolute Gasteiger partial charge is 0.506 e. The molecule has 0 aliphatic carbocycles. The monoisotopic (exact) mass is 778 g/mol. The number of carbonyl (C=O) groups excluding carboxylic acids is 1. The van der Waals surface area contributed by atoms with Crippen molar-refractivity contribution in [1.29, 1.82) is 0 Å². The number of phenols is 1. The number of aromatic amines is 1. The van der Waals surface area contributed by atoms with Crippen LogP contribution in [-0.2, 0) is 27.5 Å². The van der Waals surface area contributed by atoms with E-state index in [1.165, 1.54) is 15.8 Å². The molecule has 5 N–H and O–H groups in total. The van der Waals surface area contributed by atoms with Crippen LogP contribution in [0.3, 0.4) is 0 Å². The number of amides is 1. The number of pyridine rings is 1. The van der Waals surface area contributed by atoms with E-state index in [1.807, 2.05) is 53.8 Å². The molecule has 0 unspecified atom stereocenters. The van der Waals surface area contributed by atoms with Gasteiger partial charge in [-0.15, -0.1) is 11.3 Å². The molecular formula is C45H58N4O4SSi. The molecule has 1 saturated heterocycles. The van der Waals surface area contributed by atoms with Crippen LogP contribution in [0.15, 0.2) is 102 Å². The highest BCUT2D eigenvalue weighted by Gasteiger charge is 2.49. The topological polar surface area (TPSA) is 121 Å². The van der Waals surface area contributed by atoms with Crippen molar-refractivity contribution in [2.24, 2.45) is 11.7 Å². The number of nitrogens with zero attached hydrogens (tertiary/aromatic N) is 1. The Bertz CT molecular complexity index is 2050. The van der Waals surface area contributed by atoms with Crippen LogP contribution >= 0.6 is 11.3 Å². The smallest absolute Gasteiger partial charge is 0.248 e. The standard InChI is InChI=1S/C45H58N4O4SSi/c1-44(2,3)55(4,5)53-40(37-22-24-39(50)42-38(37)23-25-41(51)48-42)30-47-27-12-18-35-20-21-36(54-35)19-13-28-49-29-26-34(31-49)45(43(46)52,32-14-8-6-9-15-32)33-16-10-7-11-17-33/h6-11,14-17,20-25,34,40,47,50H,12-13,18-19,26-31H2,1-5H3,(H2,46,52)(H,48,51)/t34-,40-/m1/s1. The van der Waals surface area contributed by atoms with Crippen molar-refractivity contribution in [1.82, 2.24) is 15.2 Å². The minimum atomic E-state index is -2.14. The maximum Gasteiger partial charge on any atom is 0.248 e. The number of phenolic OH excluding ortho intramolecular Hbond substituents is 1. The van der Waals surface area contributed by atoms with Crippen LogP contribution in [0.25, 0.3) is 10.9 Å². The van der Waals surface area contributed by atoms with Gasteiger partial charge in [0.05, 0.1) is 11.6 Å². The Morgan fingerprint density at radius 1 is 0.945 bits per heavy atom. The number of hydrogen-bond donors (Lipinski definition) is 4. The fraction of sp³-hybridized carbons (Fsp3) is 0.422. The first-order chi connectivity index (χ1) is 26.3. The molecule has 3 heterocycles. The average molecular weight is 779 g/mol. The molecule has 10 heteroatoms. The van der Waals surface area contributed by atoms with Crippen LogP contribution in [0.5, 0.6) is 5.75 Å². The Balaban J connectivity index is 1.01. The van der Waals surface area contributed by atoms with Crippen molar-refractivity contribution in [3.05, 3.63) is 134 Å². The Kier molecular flexibility index (Phi) is 12.8. The van der Waals surface area contributed by atoms with Gasteiger partial charge in [0.1, 0.15) is 11.2 Å². The fourth-order valence-corrected chi connectivity index (χ4v) is 10.4. The summed E-state index contributed by atoms with van der Waals surface area (Å²) in [6.07, 6.45) is 4.84. The second kappa shape index (κ2) is 17.4. The minimum absolute atomic E-state index is 0.0294. The summed E-state index contributed by atoms with van der Waals surface area (Å²) in [6, 6.07) is 31.6. The molecule has 55 heavy (non-hydrogen) atoms. The number of aromatic hydroxyl groups is 1. The van der Waals surface area contributed by atoms with E-state index >= 15 is 0 Å². The first-order valence-electron chi connectivity index (χ1n) is 19.7. The Morgan fingerprint density at radius 3 is 2.20 bits per heavy atom. The molecule has 2 aromatic heterocycles. The number of thiophene rings is 1. The number of likely N-dealkylation sites (tertiary alicyclic amines) is 1. The maximum absolute atomic E-state index is 13.4. The van der Waals surface area contributed by atoms with Gasteiger partial charge in [-0.3, -0.25) is 9.59 Å². The Labute approximate surface area is 331 Å². The number of rotatable bonds is 17. The van der Waals surface area contributed by atoms with Crippen LogP contribution in [0.4, 0.5) is 0 Å². The molecule has 6 rings (SSSR count). The highest BCUT2D eigenvalue weighted by Crippen LogP contribution is 2.44. The molecule has 0 radical (unpaired) electrons. The van der Waals surface area contributed by atoms with Crippen LogP contribution in [-0.4, -0.2) is 61.9 Å². The lowest BCUT2D eigenvalue weighted by molar-refractivity contribution is -0.123. The zero-order chi connectivity index (χ0) is 39.2. The molecule has 0 saturated carbocycles. The summed E-state index contributed by atoms with van der Waals surface area (Å²) in [4.78, 5) is 33.6. The molecule has 292 valence electrons. The van der Waals surface area contributed by atoms with E-state index in [9.17, 15) is 14.7 Å². The number of fused-ring (bicyclic) bond motifs is 1. The van der Waals surface area contributed by atoms with E-state index in [1.54, 1.807) is 12.1 Å². The van der Waals surface area contributed by atoms with Gasteiger partial charge in [-0.1, -0.05) is 87.5 Å². The molecular weight excluding hydrogens is 721 g/mol. The summed E-state index contributed by atoms with van der Waals surface area (Å²) in [5, 5.41) is 15.0. The summed E-state index contributed by atoms with van der Waals surface area (Å²) >= 11 is 1.92. The molecule has 8 nitrogen and oxygen atoms in total. The van der Waals surface area contributed by atoms with Crippen molar-refractivity contribution in [3.63, 3.8) is 0 Å². The first-order valence-corrected chi connectivity index (χ1v) is 23.5. The lowest BCUT2D eigenvalue weighted by Crippen LogP contribution is -2.49. The van der Waals surface area contributed by atoms with E-state index < -0.39 is 13.7 Å². The summed E-state index contributed by atoms with van der Waals surface area (Å²) in [5.74, 6) is -0.108. The first kappa shape index (κ1) is 40.6. The Hall–Kier alpha value is -4.06. The van der Waals surface area contributed by atoms with Crippen LogP contribution in [0.2, 0.25) is 18.1 Å². The molecule has 1 amide bonds. The number of H-pyrrole nitrogens is 1. The number of benzene rings is 3.